The van der Waals surface area contributed by atoms with E-state index in [2.05, 4.69) is 26.7 Å². The van der Waals surface area contributed by atoms with Gasteiger partial charge in [0.1, 0.15) is 36.5 Å². The smallest absolute Gasteiger partial charge is 0.340 e. The second kappa shape index (κ2) is 11.2. The lowest BCUT2D eigenvalue weighted by atomic mass is 10.1. The molecule has 1 fully saturated rings. The molecule has 1 aliphatic carbocycles. The summed E-state index contributed by atoms with van der Waals surface area (Å²) in [7, 11) is -3.63. The van der Waals surface area contributed by atoms with E-state index in [4.69, 9.17) is 30.1 Å². The van der Waals surface area contributed by atoms with Crippen LogP contribution in [0.15, 0.2) is 48.3 Å². The maximum Gasteiger partial charge on any atom is 0.340 e. The molecule has 0 radical (unpaired) electrons. The fraction of sp³-hybridized carbons (Fsp3) is 0.346. The van der Waals surface area contributed by atoms with Crippen molar-refractivity contribution in [1.29, 1.82) is 0 Å². The first-order chi connectivity index (χ1) is 18.7. The van der Waals surface area contributed by atoms with Gasteiger partial charge in [-0.2, -0.15) is 0 Å². The van der Waals surface area contributed by atoms with Gasteiger partial charge in [0.25, 0.3) is 0 Å². The highest BCUT2D eigenvalue weighted by atomic mass is 35.5. The van der Waals surface area contributed by atoms with Gasteiger partial charge in [0.2, 0.25) is 5.91 Å². The van der Waals surface area contributed by atoms with Crippen LogP contribution in [-0.2, 0) is 23.1 Å². The SMILES string of the molecule is CCOP(=O)(CC(=O)Nc1cc2c(Nc3ccc(F)c(Cl)c3)ncnc2cc1OC[C@@]12C=C1COC2)OCC. The van der Waals surface area contributed by atoms with Gasteiger partial charge in [0.05, 0.1) is 48.1 Å². The van der Waals surface area contributed by atoms with E-state index in [-0.39, 0.29) is 23.7 Å². The zero-order chi connectivity index (χ0) is 27.6. The third-order valence-electron chi connectivity index (χ3n) is 6.29. The third-order valence-corrected chi connectivity index (χ3v) is 8.56. The lowest BCUT2D eigenvalue weighted by Crippen LogP contribution is -2.21. The summed E-state index contributed by atoms with van der Waals surface area (Å²) in [6.45, 7) is 5.08. The standard InChI is InChI=1S/C26H27ClFN4O6P/c1-3-37-39(34,38-4-2)12-24(33)32-22-8-18-21(9-23(22)36-14-26-10-16(26)11-35-13-26)29-15-30-25(18)31-17-5-6-20(28)19(27)7-17/h5-10,15H,3-4,11-14H2,1-2H3,(H,32,33)(H,29,30,31)/t26-/m0/s1. The van der Waals surface area contributed by atoms with Crippen LogP contribution < -0.4 is 15.4 Å². The van der Waals surface area contributed by atoms with E-state index in [1.165, 1.54) is 30.1 Å². The summed E-state index contributed by atoms with van der Waals surface area (Å²) < 4.78 is 48.8. The molecule has 1 saturated heterocycles. The van der Waals surface area contributed by atoms with E-state index in [0.29, 0.717) is 53.7 Å². The molecule has 1 aromatic heterocycles. The predicted molar refractivity (Wildman–Crippen MR) is 145 cm³/mol. The van der Waals surface area contributed by atoms with Gasteiger partial charge in [-0.25, -0.2) is 14.4 Å². The number of hydrogen-bond acceptors (Lipinski definition) is 9. The monoisotopic (exact) mass is 576 g/mol. The molecule has 10 nitrogen and oxygen atoms in total. The Labute approximate surface area is 229 Å². The normalized spacial score (nSPS) is 18.0. The topological polar surface area (TPSA) is 121 Å². The minimum absolute atomic E-state index is 0.0432. The van der Waals surface area contributed by atoms with E-state index in [0.717, 1.165) is 0 Å². The number of anilines is 3. The fourth-order valence-electron chi connectivity index (χ4n) is 4.34. The molecule has 0 saturated carbocycles. The number of halogens is 2. The maximum absolute atomic E-state index is 13.6. The molecule has 0 bridgehead atoms. The minimum atomic E-state index is -3.63. The van der Waals surface area contributed by atoms with Gasteiger partial charge >= 0.3 is 7.60 Å². The summed E-state index contributed by atoms with van der Waals surface area (Å²) in [5.74, 6) is -0.353. The Kier molecular flexibility index (Phi) is 7.89. The van der Waals surface area contributed by atoms with E-state index in [1.54, 1.807) is 26.0 Å². The van der Waals surface area contributed by atoms with Crippen molar-refractivity contribution >= 4 is 53.2 Å². The quantitative estimate of drug-likeness (QED) is 0.206. The molecule has 2 aliphatic rings. The van der Waals surface area contributed by atoms with Gasteiger partial charge in [-0.15, -0.1) is 0 Å². The van der Waals surface area contributed by atoms with Crippen molar-refractivity contribution in [2.24, 2.45) is 5.41 Å². The van der Waals surface area contributed by atoms with Crippen molar-refractivity contribution in [3.63, 3.8) is 0 Å². The number of benzene rings is 2. The molecule has 2 heterocycles. The van der Waals surface area contributed by atoms with Crippen molar-refractivity contribution in [2.75, 3.05) is 49.8 Å². The van der Waals surface area contributed by atoms with Crippen LogP contribution in [0.4, 0.5) is 21.6 Å². The van der Waals surface area contributed by atoms with Crippen LogP contribution in [0.25, 0.3) is 10.9 Å². The number of nitrogens with one attached hydrogen (secondary N) is 2. The number of rotatable bonds is 12. The van der Waals surface area contributed by atoms with Crippen LogP contribution >= 0.6 is 19.2 Å². The van der Waals surface area contributed by atoms with E-state index in [1.807, 2.05) is 0 Å². The summed E-state index contributed by atoms with van der Waals surface area (Å²) in [5, 5.41) is 6.40. The van der Waals surface area contributed by atoms with E-state index in [9.17, 15) is 13.8 Å². The predicted octanol–water partition coefficient (Wildman–Crippen LogP) is 5.71. The summed E-state index contributed by atoms with van der Waals surface area (Å²) in [6.07, 6.45) is 3.02. The number of carbonyl (C=O) groups excluding carboxylic acids is 1. The second-order valence-electron chi connectivity index (χ2n) is 9.10. The molecule has 3 aromatic rings. The van der Waals surface area contributed by atoms with Gasteiger partial charge < -0.3 is 29.2 Å². The van der Waals surface area contributed by atoms with Crippen molar-refractivity contribution < 1.29 is 32.3 Å². The fourth-order valence-corrected chi connectivity index (χ4v) is 6.00. The average Bonchev–Trinajstić information content (AvgIpc) is 3.43. The lowest BCUT2D eigenvalue weighted by Gasteiger charge is -2.19. The molecule has 1 amide bonds. The van der Waals surface area contributed by atoms with Gasteiger partial charge in [-0.1, -0.05) is 17.7 Å². The molecule has 1 aliphatic heterocycles. The van der Waals surface area contributed by atoms with Crippen LogP contribution in [-0.4, -0.2) is 55.1 Å². The van der Waals surface area contributed by atoms with Crippen LogP contribution in [0.5, 0.6) is 5.75 Å². The third kappa shape index (κ3) is 6.08. The van der Waals surface area contributed by atoms with Gasteiger partial charge in [0, 0.05) is 17.1 Å². The first kappa shape index (κ1) is 27.5. The van der Waals surface area contributed by atoms with E-state index < -0.39 is 25.5 Å². The Morgan fingerprint density at radius 3 is 2.67 bits per heavy atom. The van der Waals surface area contributed by atoms with Crippen molar-refractivity contribution in [3.05, 3.63) is 59.1 Å². The summed E-state index contributed by atoms with van der Waals surface area (Å²) in [6, 6.07) is 7.55. The van der Waals surface area contributed by atoms with Crippen LogP contribution in [0.2, 0.25) is 5.02 Å². The van der Waals surface area contributed by atoms with Crippen LogP contribution in [0, 0.1) is 11.2 Å². The minimum Gasteiger partial charge on any atom is -0.490 e. The van der Waals surface area contributed by atoms with Crippen LogP contribution in [0.3, 0.4) is 0 Å². The highest BCUT2D eigenvalue weighted by molar-refractivity contribution is 7.54. The molecule has 39 heavy (non-hydrogen) atoms. The average molecular weight is 577 g/mol. The Morgan fingerprint density at radius 1 is 1.21 bits per heavy atom. The molecular formula is C26H27ClFN4O6P. The number of carbonyl (C=O) groups is 1. The van der Waals surface area contributed by atoms with Crippen molar-refractivity contribution in [3.8, 4) is 5.75 Å². The molecular weight excluding hydrogens is 550 g/mol. The summed E-state index contributed by atoms with van der Waals surface area (Å²) >= 11 is 5.93. The number of aromatic nitrogens is 2. The molecule has 13 heteroatoms. The molecule has 1 atom stereocenters. The van der Waals surface area contributed by atoms with Crippen molar-refractivity contribution in [1.82, 2.24) is 9.97 Å². The van der Waals surface area contributed by atoms with Crippen LogP contribution in [0.1, 0.15) is 13.8 Å². The zero-order valence-corrected chi connectivity index (χ0v) is 23.0. The number of ether oxygens (including phenoxy) is 2. The van der Waals surface area contributed by atoms with Gasteiger partial charge in [0.15, 0.2) is 0 Å². The lowest BCUT2D eigenvalue weighted by molar-refractivity contribution is -0.114. The number of hydrogen-bond donors (Lipinski definition) is 2. The molecule has 0 unspecified atom stereocenters. The number of nitrogens with zero attached hydrogens (tertiary/aromatic N) is 2. The molecule has 2 N–H and O–H groups in total. The van der Waals surface area contributed by atoms with Crippen molar-refractivity contribution in [2.45, 2.75) is 13.8 Å². The molecule has 5 rings (SSSR count). The number of fused-ring (bicyclic) bond motifs is 2. The van der Waals surface area contributed by atoms with Gasteiger partial charge in [-0.05, 0) is 43.7 Å². The highest BCUT2D eigenvalue weighted by Gasteiger charge is 2.49. The Morgan fingerprint density at radius 2 is 2.00 bits per heavy atom. The molecule has 0 spiro atoms. The number of amides is 1. The second-order valence-corrected chi connectivity index (χ2v) is 11.6. The first-order valence-electron chi connectivity index (χ1n) is 12.4. The van der Waals surface area contributed by atoms with E-state index >= 15 is 0 Å². The highest BCUT2D eigenvalue weighted by Crippen LogP contribution is 2.50. The zero-order valence-electron chi connectivity index (χ0n) is 21.3. The maximum atomic E-state index is 13.6. The summed E-state index contributed by atoms with van der Waals surface area (Å²) in [5.41, 5.74) is 2.33. The Bertz CT molecular complexity index is 1490. The first-order valence-corrected chi connectivity index (χ1v) is 14.5. The Hall–Kier alpha value is -3.08. The molecule has 206 valence electrons. The molecule has 2 aromatic carbocycles. The summed E-state index contributed by atoms with van der Waals surface area (Å²) in [4.78, 5) is 21.7. The van der Waals surface area contributed by atoms with Gasteiger partial charge in [-0.3, -0.25) is 9.36 Å². The Balaban J connectivity index is 1.46. The largest absolute Gasteiger partial charge is 0.490 e.